The molecule has 0 aliphatic carbocycles. The maximum Gasteiger partial charge on any atom is 0.303 e. The summed E-state index contributed by atoms with van der Waals surface area (Å²) in [6, 6.07) is 76.7. The lowest BCUT2D eigenvalue weighted by molar-refractivity contribution is -0.137. The molecule has 0 saturated carbocycles. The summed E-state index contributed by atoms with van der Waals surface area (Å²) in [6.45, 7) is 22.3. The summed E-state index contributed by atoms with van der Waals surface area (Å²) in [6.07, 6.45) is 13.0. The van der Waals surface area contributed by atoms with E-state index in [2.05, 4.69) is 146 Å². The molecule has 0 aromatic heterocycles. The zero-order chi connectivity index (χ0) is 87.9. The Bertz CT molecular complexity index is 4840. The van der Waals surface area contributed by atoms with Crippen LogP contribution in [-0.2, 0) is 29.5 Å². The van der Waals surface area contributed by atoms with Gasteiger partial charge in [-0.25, -0.2) is 0 Å². The number of piperidine rings is 4. The van der Waals surface area contributed by atoms with Gasteiger partial charge in [-0.05, 0) is 261 Å². The second-order valence-corrected chi connectivity index (χ2v) is 35.0. The van der Waals surface area contributed by atoms with Crippen LogP contribution in [0.5, 0.6) is 23.0 Å². The zero-order valence-corrected chi connectivity index (χ0v) is 75.0. The number of nitrogens with one attached hydrogen (secondary N) is 1. The molecule has 2 atom stereocenters. The maximum absolute atomic E-state index is 14.0. The summed E-state index contributed by atoms with van der Waals surface area (Å²) >= 11 is 0. The van der Waals surface area contributed by atoms with Crippen LogP contribution < -0.4 is 34.1 Å². The number of carbonyl (C=O) groups is 5. The van der Waals surface area contributed by atoms with Crippen LogP contribution in [0, 0.1) is 27.7 Å². The highest BCUT2D eigenvalue weighted by Gasteiger charge is 2.45. The van der Waals surface area contributed by atoms with Crippen molar-refractivity contribution in [3.63, 3.8) is 0 Å². The molecule has 14 rings (SSSR count). The lowest BCUT2D eigenvalue weighted by atomic mass is 9.80. The van der Waals surface area contributed by atoms with Crippen molar-refractivity contribution in [2.24, 2.45) is 0 Å². The SMILES string of the molecule is COc1ccc(C(OC[C@@H]2C[C@@H](OC)CN2C(=O)CCCCCNC(=O)CCCOc2ccc(N(c3ccccc3)C3CCN(C4(C)CCN(C(=O)c5c(C)cccc5C)CC4)CC3)cc2)(c2ccccc2)c2ccc(OC)cc2)cc1.Cc1cccc(C)c1C(=O)N1CCC(C)(N2CCC(N(c3ccccc3)c3ccc(OCCCC(=O)O)cc3)CC2)CC1. The third-order valence-corrected chi connectivity index (χ3v) is 26.8. The highest BCUT2D eigenvalue weighted by atomic mass is 16.5. The van der Waals surface area contributed by atoms with Crippen molar-refractivity contribution in [2.75, 3.05) is 116 Å². The molecule has 0 radical (unpaired) electrons. The number of hydrogen-bond acceptors (Lipinski definition) is 15. The first-order valence-electron chi connectivity index (χ1n) is 45.3. The van der Waals surface area contributed by atoms with E-state index in [1.165, 1.54) is 11.4 Å². The highest BCUT2D eigenvalue weighted by molar-refractivity contribution is 5.98. The molecule has 5 aliphatic rings. The molecule has 0 unspecified atom stereocenters. The van der Waals surface area contributed by atoms with Crippen molar-refractivity contribution >= 4 is 52.3 Å². The topological polar surface area (TPSA) is 196 Å². The minimum absolute atomic E-state index is 0.00343. The van der Waals surface area contributed by atoms with Crippen molar-refractivity contribution < 1.29 is 57.5 Å². The Morgan fingerprint density at radius 2 is 0.832 bits per heavy atom. The number of carboxylic acid groups (broad SMARTS) is 1. The van der Waals surface area contributed by atoms with Gasteiger partial charge < -0.3 is 63.3 Å². The molecular weight excluding hydrogens is 1570 g/mol. The van der Waals surface area contributed by atoms with Crippen LogP contribution in [0.3, 0.4) is 0 Å². The van der Waals surface area contributed by atoms with Gasteiger partial charge in [0.05, 0.1) is 46.2 Å². The standard InChI is InChI=1S/C69H85N5O8.C36H45N3O4/c1-51-18-16-19-52(2)66(51)67(77)71-45-40-68(3,41-46-71)72-43-38-58(39-44-72)74(56-22-12-8-13-23-56)57-30-36-62(37-31-57)81-47-17-24-64(75)70-42-15-9-14-25-65(76)73-49-63(80-6)48-59(73)50-82-69(53-20-10-7-11-21-53,54-26-32-60(78-4)33-27-54)55-28-34-61(79-5)35-29-55;1-27-9-7-10-28(2)34(27)35(42)37-24-20-36(3,21-25-37)38-22-18-31(19-23-38)39(29-11-5-4-6-12-29)30-14-16-32(17-15-30)43-26-8-13-33(40)41/h7-8,10-13,16,18-23,26-37,58-59,63H,9,14-15,17,24-25,38-50H2,1-6H3,(H,70,75);4-7,9-12,14-17,31H,8,13,18-26H2,1-3H3,(H,40,41)/t59-,63+;/m0./s1. The van der Waals surface area contributed by atoms with Crippen LogP contribution in [0.4, 0.5) is 22.7 Å². The summed E-state index contributed by atoms with van der Waals surface area (Å²) in [5.74, 6) is 2.66. The third kappa shape index (κ3) is 23.0. The van der Waals surface area contributed by atoms with Crippen LogP contribution in [0.1, 0.15) is 183 Å². The highest BCUT2D eigenvalue weighted by Crippen LogP contribution is 2.45. The Morgan fingerprint density at radius 3 is 1.24 bits per heavy atom. The van der Waals surface area contributed by atoms with Gasteiger partial charge in [-0.3, -0.25) is 33.8 Å². The number of rotatable bonds is 35. The molecule has 125 heavy (non-hydrogen) atoms. The quantitative estimate of drug-likeness (QED) is 0.0281. The second-order valence-electron chi connectivity index (χ2n) is 35.0. The summed E-state index contributed by atoms with van der Waals surface area (Å²) in [5.41, 5.74) is 12.6. The Morgan fingerprint density at radius 1 is 0.440 bits per heavy atom. The van der Waals surface area contributed by atoms with Crippen molar-refractivity contribution in [1.82, 2.24) is 29.8 Å². The van der Waals surface area contributed by atoms with Crippen LogP contribution in [0.25, 0.3) is 0 Å². The zero-order valence-electron chi connectivity index (χ0n) is 75.0. The van der Waals surface area contributed by atoms with E-state index >= 15 is 0 Å². The van der Waals surface area contributed by atoms with Crippen LogP contribution in [0.2, 0.25) is 0 Å². The molecule has 5 fully saturated rings. The number of para-hydroxylation sites is 2. The number of nitrogens with zero attached hydrogens (tertiary/aromatic N) is 7. The Hall–Kier alpha value is -11.0. The van der Waals surface area contributed by atoms with E-state index in [4.69, 9.17) is 33.5 Å². The first-order valence-corrected chi connectivity index (χ1v) is 45.3. The Kier molecular flexibility index (Phi) is 32.1. The summed E-state index contributed by atoms with van der Waals surface area (Å²) in [7, 11) is 5.02. The van der Waals surface area contributed by atoms with E-state index in [1.807, 2.05) is 160 Å². The number of aryl methyl sites for hydroxylation is 4. The third-order valence-electron chi connectivity index (χ3n) is 26.8. The van der Waals surface area contributed by atoms with Crippen molar-refractivity contribution in [1.29, 1.82) is 0 Å². The largest absolute Gasteiger partial charge is 0.497 e. The minimum atomic E-state index is -0.997. The van der Waals surface area contributed by atoms with Gasteiger partial charge in [-0.2, -0.15) is 0 Å². The van der Waals surface area contributed by atoms with Gasteiger partial charge in [-0.15, -0.1) is 0 Å². The summed E-state index contributed by atoms with van der Waals surface area (Å²) < 4.78 is 36.1. The first-order chi connectivity index (χ1) is 60.7. The molecule has 0 spiro atoms. The van der Waals surface area contributed by atoms with Gasteiger partial charge in [-0.1, -0.05) is 134 Å². The molecular formula is C105H130N8O12. The van der Waals surface area contributed by atoms with E-state index in [1.54, 1.807) is 21.3 Å². The second kappa shape index (κ2) is 43.7. The predicted molar refractivity (Wildman–Crippen MR) is 496 cm³/mol. The molecule has 662 valence electrons. The first kappa shape index (κ1) is 91.7. The molecule has 4 amide bonds. The Balaban J connectivity index is 0.000000261. The maximum atomic E-state index is 14.0. The molecule has 5 saturated heterocycles. The number of aliphatic carboxylic acids is 1. The lowest BCUT2D eigenvalue weighted by Crippen LogP contribution is -2.57. The fourth-order valence-electron chi connectivity index (χ4n) is 19.4. The van der Waals surface area contributed by atoms with Gasteiger partial charge >= 0.3 is 5.97 Å². The lowest BCUT2D eigenvalue weighted by Gasteiger charge is -2.50. The number of amides is 4. The van der Waals surface area contributed by atoms with Crippen LogP contribution in [0.15, 0.2) is 224 Å². The van der Waals surface area contributed by atoms with E-state index in [0.29, 0.717) is 77.1 Å². The number of hydrogen-bond donors (Lipinski definition) is 2. The van der Waals surface area contributed by atoms with Crippen molar-refractivity contribution in [3.05, 3.63) is 275 Å². The molecule has 20 heteroatoms. The van der Waals surface area contributed by atoms with Crippen molar-refractivity contribution in [3.8, 4) is 23.0 Å². The fraction of sp³-hybridized carbons (Fsp3) is 0.438. The molecule has 20 nitrogen and oxygen atoms in total. The van der Waals surface area contributed by atoms with Gasteiger partial charge in [0.2, 0.25) is 11.8 Å². The van der Waals surface area contributed by atoms with Gasteiger partial charge in [0.25, 0.3) is 11.8 Å². The van der Waals surface area contributed by atoms with E-state index in [-0.39, 0.29) is 53.3 Å². The molecule has 2 N–H and O–H groups in total. The van der Waals surface area contributed by atoms with Crippen LogP contribution >= 0.6 is 0 Å². The molecule has 5 heterocycles. The van der Waals surface area contributed by atoms with E-state index < -0.39 is 11.6 Å². The van der Waals surface area contributed by atoms with Gasteiger partial charge in [0, 0.05) is 149 Å². The van der Waals surface area contributed by atoms with Crippen LogP contribution in [-0.4, -0.2) is 201 Å². The number of carbonyl (C=O) groups excluding carboxylic acids is 4. The van der Waals surface area contributed by atoms with Gasteiger partial charge in [0.1, 0.15) is 28.6 Å². The summed E-state index contributed by atoms with van der Waals surface area (Å²) in [4.78, 5) is 81.0. The summed E-state index contributed by atoms with van der Waals surface area (Å²) in [5, 5.41) is 11.9. The average Bonchev–Trinajstić information content (AvgIpc) is 1.32. The van der Waals surface area contributed by atoms with E-state index in [0.717, 1.165) is 207 Å². The number of carboxylic acids is 1. The van der Waals surface area contributed by atoms with Gasteiger partial charge in [0.15, 0.2) is 0 Å². The number of ether oxygens (including phenoxy) is 6. The predicted octanol–water partition coefficient (Wildman–Crippen LogP) is 18.9. The molecule has 5 aliphatic heterocycles. The number of anilines is 4. The monoisotopic (exact) mass is 1690 g/mol. The normalized spacial score (nSPS) is 17.5. The molecule has 9 aromatic rings. The molecule has 0 bridgehead atoms. The number of likely N-dealkylation sites (tertiary alicyclic amines) is 5. The fourth-order valence-corrected chi connectivity index (χ4v) is 19.4. The minimum Gasteiger partial charge on any atom is -0.497 e. The van der Waals surface area contributed by atoms with Crippen molar-refractivity contribution in [2.45, 2.75) is 192 Å². The number of unbranched alkanes of at least 4 members (excludes halogenated alkanes) is 2. The Labute approximate surface area is 741 Å². The van der Waals surface area contributed by atoms with E-state index in [9.17, 15) is 24.0 Å². The molecule has 9 aromatic carbocycles. The number of methoxy groups -OCH3 is 3. The smallest absolute Gasteiger partial charge is 0.303 e. The average molecular weight is 1700 g/mol. The number of benzene rings is 9.